The van der Waals surface area contributed by atoms with Crippen molar-refractivity contribution < 1.29 is 4.42 Å². The first-order valence-corrected chi connectivity index (χ1v) is 6.13. The Morgan fingerprint density at radius 1 is 1.47 bits per heavy atom. The van der Waals surface area contributed by atoms with Crippen molar-refractivity contribution in [1.29, 1.82) is 0 Å². The van der Waals surface area contributed by atoms with Gasteiger partial charge in [0.2, 0.25) is 0 Å². The Bertz CT molecular complexity index is 433. The molecule has 0 saturated heterocycles. The summed E-state index contributed by atoms with van der Waals surface area (Å²) in [6, 6.07) is 2.10. The normalized spacial score (nSPS) is 12.8. The first-order valence-electron chi connectivity index (χ1n) is 6.13. The van der Waals surface area contributed by atoms with Crippen molar-refractivity contribution in [2.75, 3.05) is 6.54 Å². The van der Waals surface area contributed by atoms with E-state index in [0.717, 1.165) is 30.9 Å². The number of nitrogens with one attached hydrogen (secondary N) is 1. The summed E-state index contributed by atoms with van der Waals surface area (Å²) >= 11 is 0. The first kappa shape index (κ1) is 11.9. The van der Waals surface area contributed by atoms with Gasteiger partial charge >= 0.3 is 0 Å². The van der Waals surface area contributed by atoms with Crippen LogP contribution in [0.4, 0.5) is 0 Å². The van der Waals surface area contributed by atoms with E-state index in [1.807, 2.05) is 18.5 Å². The summed E-state index contributed by atoms with van der Waals surface area (Å²) in [7, 11) is 0. The molecule has 1 atom stereocenters. The summed E-state index contributed by atoms with van der Waals surface area (Å²) in [4.78, 5) is 4.47. The van der Waals surface area contributed by atoms with Gasteiger partial charge in [-0.2, -0.15) is 0 Å². The lowest BCUT2D eigenvalue weighted by molar-refractivity contribution is 0.526. The van der Waals surface area contributed by atoms with Crippen LogP contribution < -0.4 is 5.32 Å². The SMILES string of the molecule is CCCn1ccnc1C(NCC)c1ccoc1. The zero-order valence-electron chi connectivity index (χ0n) is 10.4. The van der Waals surface area contributed by atoms with Crippen LogP contribution in [0.25, 0.3) is 0 Å². The van der Waals surface area contributed by atoms with Gasteiger partial charge in [0.1, 0.15) is 5.82 Å². The molecule has 0 fully saturated rings. The Balaban J connectivity index is 2.29. The number of imidazole rings is 1. The maximum atomic E-state index is 5.16. The van der Waals surface area contributed by atoms with Crippen molar-refractivity contribution >= 4 is 0 Å². The van der Waals surface area contributed by atoms with Crippen LogP contribution in [0, 0.1) is 0 Å². The molecule has 0 aromatic carbocycles. The fraction of sp³-hybridized carbons (Fsp3) is 0.462. The maximum absolute atomic E-state index is 5.16. The van der Waals surface area contributed by atoms with E-state index >= 15 is 0 Å². The minimum atomic E-state index is 0.111. The van der Waals surface area contributed by atoms with Crippen LogP contribution in [0.1, 0.15) is 37.7 Å². The average Bonchev–Trinajstić information content (AvgIpc) is 2.97. The molecule has 92 valence electrons. The van der Waals surface area contributed by atoms with Crippen LogP contribution in [0.3, 0.4) is 0 Å². The molecule has 0 aliphatic rings. The number of aryl methyl sites for hydroxylation is 1. The highest BCUT2D eigenvalue weighted by Gasteiger charge is 2.18. The molecule has 0 saturated carbocycles. The highest BCUT2D eigenvalue weighted by Crippen LogP contribution is 2.21. The predicted octanol–water partition coefficient (Wildman–Crippen LogP) is 2.59. The minimum absolute atomic E-state index is 0.111. The number of rotatable bonds is 6. The summed E-state index contributed by atoms with van der Waals surface area (Å²) in [5.41, 5.74) is 1.12. The van der Waals surface area contributed by atoms with Crippen LogP contribution in [0.2, 0.25) is 0 Å². The molecule has 4 nitrogen and oxygen atoms in total. The molecule has 4 heteroatoms. The van der Waals surface area contributed by atoms with Gasteiger partial charge in [-0.05, 0) is 19.0 Å². The number of nitrogens with zero attached hydrogens (tertiary/aromatic N) is 2. The molecule has 2 rings (SSSR count). The van der Waals surface area contributed by atoms with E-state index in [2.05, 4.69) is 28.7 Å². The van der Waals surface area contributed by atoms with Gasteiger partial charge in [0.25, 0.3) is 0 Å². The quantitative estimate of drug-likeness (QED) is 0.834. The number of hydrogen-bond acceptors (Lipinski definition) is 3. The molecule has 0 aliphatic heterocycles. The van der Waals surface area contributed by atoms with E-state index < -0.39 is 0 Å². The van der Waals surface area contributed by atoms with Crippen molar-refractivity contribution in [2.45, 2.75) is 32.9 Å². The van der Waals surface area contributed by atoms with E-state index in [-0.39, 0.29) is 6.04 Å². The van der Waals surface area contributed by atoms with Gasteiger partial charge < -0.3 is 14.3 Å². The van der Waals surface area contributed by atoms with E-state index in [0.29, 0.717) is 0 Å². The fourth-order valence-corrected chi connectivity index (χ4v) is 2.01. The molecule has 17 heavy (non-hydrogen) atoms. The van der Waals surface area contributed by atoms with Gasteiger partial charge in [0.05, 0.1) is 18.6 Å². The summed E-state index contributed by atoms with van der Waals surface area (Å²) in [6.07, 6.45) is 8.47. The van der Waals surface area contributed by atoms with Crippen molar-refractivity contribution in [1.82, 2.24) is 14.9 Å². The van der Waals surface area contributed by atoms with Crippen molar-refractivity contribution in [3.63, 3.8) is 0 Å². The molecule has 2 aromatic rings. The zero-order chi connectivity index (χ0) is 12.1. The van der Waals surface area contributed by atoms with Gasteiger partial charge in [-0.25, -0.2) is 4.98 Å². The van der Waals surface area contributed by atoms with E-state index in [1.54, 1.807) is 12.5 Å². The van der Waals surface area contributed by atoms with Crippen LogP contribution in [-0.4, -0.2) is 16.1 Å². The average molecular weight is 233 g/mol. The first-order chi connectivity index (χ1) is 8.36. The Morgan fingerprint density at radius 3 is 3.00 bits per heavy atom. The molecule has 0 bridgehead atoms. The molecule has 2 heterocycles. The zero-order valence-corrected chi connectivity index (χ0v) is 10.4. The van der Waals surface area contributed by atoms with Crippen LogP contribution in [0.5, 0.6) is 0 Å². The highest BCUT2D eigenvalue weighted by atomic mass is 16.3. The number of hydrogen-bond donors (Lipinski definition) is 1. The van der Waals surface area contributed by atoms with Crippen LogP contribution >= 0.6 is 0 Å². The van der Waals surface area contributed by atoms with Gasteiger partial charge in [-0.15, -0.1) is 0 Å². The van der Waals surface area contributed by atoms with Gasteiger partial charge in [0, 0.05) is 24.5 Å². The maximum Gasteiger partial charge on any atom is 0.130 e. The molecule has 0 amide bonds. The Kier molecular flexibility index (Phi) is 3.98. The Hall–Kier alpha value is -1.55. The van der Waals surface area contributed by atoms with Gasteiger partial charge in [0.15, 0.2) is 0 Å². The van der Waals surface area contributed by atoms with E-state index in [1.165, 1.54) is 0 Å². The molecule has 2 aromatic heterocycles. The van der Waals surface area contributed by atoms with E-state index in [9.17, 15) is 0 Å². The Morgan fingerprint density at radius 2 is 2.35 bits per heavy atom. The molecule has 0 radical (unpaired) electrons. The van der Waals surface area contributed by atoms with Crippen molar-refractivity contribution in [2.24, 2.45) is 0 Å². The number of aromatic nitrogens is 2. The molecule has 1 N–H and O–H groups in total. The third kappa shape index (κ3) is 2.58. The second-order valence-electron chi connectivity index (χ2n) is 4.03. The minimum Gasteiger partial charge on any atom is -0.472 e. The largest absolute Gasteiger partial charge is 0.472 e. The monoisotopic (exact) mass is 233 g/mol. The lowest BCUT2D eigenvalue weighted by atomic mass is 10.1. The topological polar surface area (TPSA) is 43.0 Å². The smallest absolute Gasteiger partial charge is 0.130 e. The van der Waals surface area contributed by atoms with Crippen molar-refractivity contribution in [3.8, 4) is 0 Å². The number of furan rings is 1. The fourth-order valence-electron chi connectivity index (χ4n) is 2.01. The second-order valence-corrected chi connectivity index (χ2v) is 4.03. The lowest BCUT2D eigenvalue weighted by Crippen LogP contribution is -2.25. The lowest BCUT2D eigenvalue weighted by Gasteiger charge is -2.17. The highest BCUT2D eigenvalue weighted by molar-refractivity contribution is 5.20. The van der Waals surface area contributed by atoms with Crippen LogP contribution in [0.15, 0.2) is 35.4 Å². The molecular weight excluding hydrogens is 214 g/mol. The van der Waals surface area contributed by atoms with Crippen molar-refractivity contribution in [3.05, 3.63) is 42.4 Å². The summed E-state index contributed by atoms with van der Waals surface area (Å²) < 4.78 is 7.36. The third-order valence-electron chi connectivity index (χ3n) is 2.76. The van der Waals surface area contributed by atoms with E-state index in [4.69, 9.17) is 4.42 Å². The molecular formula is C13H19N3O. The molecule has 1 unspecified atom stereocenters. The molecule has 0 spiro atoms. The summed E-state index contributed by atoms with van der Waals surface area (Å²) in [5, 5.41) is 3.44. The molecule has 0 aliphatic carbocycles. The van der Waals surface area contributed by atoms with Gasteiger partial charge in [-0.1, -0.05) is 13.8 Å². The second kappa shape index (κ2) is 5.68. The van der Waals surface area contributed by atoms with Gasteiger partial charge in [-0.3, -0.25) is 0 Å². The van der Waals surface area contributed by atoms with Crippen LogP contribution in [-0.2, 0) is 6.54 Å². The third-order valence-corrected chi connectivity index (χ3v) is 2.76. The summed E-state index contributed by atoms with van der Waals surface area (Å²) in [6.45, 7) is 6.16. The Labute approximate surface area is 102 Å². The predicted molar refractivity (Wildman–Crippen MR) is 66.7 cm³/mol. The summed E-state index contributed by atoms with van der Waals surface area (Å²) in [5.74, 6) is 1.05. The standard InChI is InChI=1S/C13H19N3O/c1-3-7-16-8-6-15-13(16)12(14-4-2)11-5-9-17-10-11/h5-6,8-10,12,14H,3-4,7H2,1-2H3.